The van der Waals surface area contributed by atoms with Gasteiger partial charge in [0.15, 0.2) is 0 Å². The predicted molar refractivity (Wildman–Crippen MR) is 128 cm³/mol. The van der Waals surface area contributed by atoms with Gasteiger partial charge in [0.1, 0.15) is 8.07 Å². The molecule has 2 aromatic carbocycles. The summed E-state index contributed by atoms with van der Waals surface area (Å²) in [6, 6.07) is 19.6. The zero-order valence-corrected chi connectivity index (χ0v) is 18.7. The van der Waals surface area contributed by atoms with E-state index >= 15 is 0 Å². The number of rotatable bonds is 4. The third-order valence-electron chi connectivity index (χ3n) is 5.48. The third kappa shape index (κ3) is 4.72. The minimum Gasteiger partial charge on any atom is -0.357 e. The molecule has 1 N–H and O–H groups in total. The number of aromatic nitrogens is 1. The Morgan fingerprint density at radius 3 is 2.62 bits per heavy atom. The van der Waals surface area contributed by atoms with Crippen LogP contribution in [0.1, 0.15) is 29.3 Å². The maximum atomic E-state index is 3.73. The highest BCUT2D eigenvalue weighted by molar-refractivity contribution is 6.83. The second-order valence-electron chi connectivity index (χ2n) is 8.89. The van der Waals surface area contributed by atoms with E-state index in [0.29, 0.717) is 6.04 Å². The van der Waals surface area contributed by atoms with Crippen molar-refractivity contribution in [3.8, 4) is 11.5 Å². The molecule has 0 aliphatic carbocycles. The lowest BCUT2D eigenvalue weighted by atomic mass is 9.95. The quantitative estimate of drug-likeness (QED) is 0.418. The number of nitrogens with one attached hydrogen (secondary N) is 1. The van der Waals surface area contributed by atoms with Gasteiger partial charge in [-0.15, -0.1) is 11.5 Å². The Morgan fingerprint density at radius 1 is 1.07 bits per heavy atom. The Hall–Kier alpha value is -2.54. The van der Waals surface area contributed by atoms with E-state index in [1.165, 1.54) is 27.7 Å². The molecular weight excluding hydrogens is 368 g/mol. The minimum absolute atomic E-state index is 0.329. The van der Waals surface area contributed by atoms with Crippen molar-refractivity contribution in [2.45, 2.75) is 38.5 Å². The first-order valence-electron chi connectivity index (χ1n) is 10.6. The molecule has 0 saturated carbocycles. The fourth-order valence-corrected chi connectivity index (χ4v) is 4.75. The Kier molecular flexibility index (Phi) is 5.76. The van der Waals surface area contributed by atoms with Crippen LogP contribution in [0.2, 0.25) is 19.6 Å². The van der Waals surface area contributed by atoms with E-state index < -0.39 is 8.07 Å². The smallest absolute Gasteiger partial charge is 0.129 e. The Bertz CT molecular complexity index is 1060. The molecule has 2 heterocycles. The summed E-state index contributed by atoms with van der Waals surface area (Å²) in [4.78, 5) is 6.31. The minimum atomic E-state index is -1.36. The van der Waals surface area contributed by atoms with Crippen molar-refractivity contribution in [3.63, 3.8) is 0 Å². The van der Waals surface area contributed by atoms with Gasteiger partial charge in [0.2, 0.25) is 0 Å². The molecule has 0 amide bonds. The van der Waals surface area contributed by atoms with Crippen LogP contribution in [-0.2, 0) is 6.42 Å². The first kappa shape index (κ1) is 19.8. The molecule has 1 unspecified atom stereocenters. The van der Waals surface area contributed by atoms with E-state index in [1.807, 2.05) is 0 Å². The normalized spacial score (nSPS) is 17.3. The van der Waals surface area contributed by atoms with Crippen molar-refractivity contribution in [3.05, 3.63) is 77.5 Å². The summed E-state index contributed by atoms with van der Waals surface area (Å²) in [6.45, 7) is 8.97. The van der Waals surface area contributed by atoms with Crippen LogP contribution in [0.4, 0.5) is 0 Å². The van der Waals surface area contributed by atoms with Gasteiger partial charge in [-0.2, -0.15) is 0 Å². The zero-order valence-electron chi connectivity index (χ0n) is 17.7. The molecule has 0 saturated heterocycles. The van der Waals surface area contributed by atoms with Gasteiger partial charge in [-0.3, -0.25) is 4.90 Å². The van der Waals surface area contributed by atoms with Gasteiger partial charge in [0.05, 0.1) is 6.04 Å². The van der Waals surface area contributed by atoms with Crippen molar-refractivity contribution in [1.29, 1.82) is 0 Å². The molecule has 0 spiro atoms. The largest absolute Gasteiger partial charge is 0.357 e. The van der Waals surface area contributed by atoms with Crippen molar-refractivity contribution >= 4 is 25.1 Å². The maximum Gasteiger partial charge on any atom is 0.129 e. The lowest BCUT2D eigenvalue weighted by Gasteiger charge is -2.34. The van der Waals surface area contributed by atoms with Crippen molar-refractivity contribution in [2.24, 2.45) is 0 Å². The van der Waals surface area contributed by atoms with Crippen molar-refractivity contribution in [2.75, 3.05) is 13.1 Å². The second-order valence-corrected chi connectivity index (χ2v) is 13.6. The topological polar surface area (TPSA) is 19.0 Å². The number of aromatic amines is 1. The van der Waals surface area contributed by atoms with Crippen LogP contribution >= 0.6 is 0 Å². The zero-order chi connectivity index (χ0) is 20.3. The number of para-hydroxylation sites is 1. The van der Waals surface area contributed by atoms with Gasteiger partial charge >= 0.3 is 0 Å². The molecule has 1 aromatic heterocycles. The molecule has 1 aliphatic heterocycles. The molecular formula is C26H30N2Si. The molecule has 0 bridgehead atoms. The number of nitrogens with zero attached hydrogens (tertiary/aromatic N) is 1. The molecule has 1 atom stereocenters. The van der Waals surface area contributed by atoms with Gasteiger partial charge in [-0.25, -0.2) is 0 Å². The summed E-state index contributed by atoms with van der Waals surface area (Å²) >= 11 is 0. The van der Waals surface area contributed by atoms with E-state index in [4.69, 9.17) is 0 Å². The van der Waals surface area contributed by atoms with E-state index in [0.717, 1.165) is 25.9 Å². The highest BCUT2D eigenvalue weighted by Gasteiger charge is 2.29. The average Bonchev–Trinajstić information content (AvgIpc) is 3.08. The van der Waals surface area contributed by atoms with E-state index in [2.05, 4.69) is 108 Å². The van der Waals surface area contributed by atoms with Crippen LogP contribution in [0.15, 0.2) is 60.7 Å². The van der Waals surface area contributed by atoms with Crippen LogP contribution in [0.3, 0.4) is 0 Å². The van der Waals surface area contributed by atoms with Gasteiger partial charge in [-0.1, -0.05) is 80.3 Å². The van der Waals surface area contributed by atoms with Crippen molar-refractivity contribution in [1.82, 2.24) is 9.88 Å². The molecule has 3 heteroatoms. The lowest BCUT2D eigenvalue weighted by Crippen LogP contribution is -2.35. The van der Waals surface area contributed by atoms with Gasteiger partial charge in [-0.05, 0) is 23.6 Å². The molecule has 0 fully saturated rings. The third-order valence-corrected chi connectivity index (χ3v) is 6.41. The number of fused-ring (bicyclic) bond motifs is 3. The van der Waals surface area contributed by atoms with Crippen LogP contribution in [-0.4, -0.2) is 31.0 Å². The summed E-state index contributed by atoms with van der Waals surface area (Å²) in [7, 11) is -1.36. The Balaban J connectivity index is 1.61. The van der Waals surface area contributed by atoms with E-state index in [-0.39, 0.29) is 0 Å². The average molecular weight is 399 g/mol. The van der Waals surface area contributed by atoms with Gasteiger partial charge in [0.25, 0.3) is 0 Å². The first-order chi connectivity index (χ1) is 14.0. The SMILES string of the molecule is C[Si](C)(C)C#CCC1c2[nH]c3ccccc3c2CCN1C/C=C/c1ccccc1. The van der Waals surface area contributed by atoms with E-state index in [9.17, 15) is 0 Å². The highest BCUT2D eigenvalue weighted by Crippen LogP contribution is 2.36. The second kappa shape index (κ2) is 8.45. The summed E-state index contributed by atoms with van der Waals surface area (Å²) < 4.78 is 0. The molecule has 0 radical (unpaired) electrons. The molecule has 148 valence electrons. The monoisotopic (exact) mass is 398 g/mol. The van der Waals surface area contributed by atoms with Gasteiger partial charge in [0, 0.05) is 36.1 Å². The predicted octanol–water partition coefficient (Wildman–Crippen LogP) is 6.05. The van der Waals surface area contributed by atoms with Crippen LogP contribution in [0, 0.1) is 11.5 Å². The summed E-state index contributed by atoms with van der Waals surface area (Å²) in [5.74, 6) is 3.54. The van der Waals surface area contributed by atoms with E-state index in [1.54, 1.807) is 0 Å². The molecule has 3 aromatic rings. The van der Waals surface area contributed by atoms with Crippen LogP contribution in [0.25, 0.3) is 17.0 Å². The molecule has 1 aliphatic rings. The maximum absolute atomic E-state index is 3.73. The Morgan fingerprint density at radius 2 is 1.83 bits per heavy atom. The highest BCUT2D eigenvalue weighted by atomic mass is 28.3. The number of hydrogen-bond donors (Lipinski definition) is 1. The summed E-state index contributed by atoms with van der Waals surface area (Å²) in [5.41, 5.74) is 8.93. The number of hydrogen-bond acceptors (Lipinski definition) is 1. The summed E-state index contributed by atoms with van der Waals surface area (Å²) in [5, 5.41) is 1.38. The van der Waals surface area contributed by atoms with Gasteiger partial charge < -0.3 is 4.98 Å². The fourth-order valence-electron chi connectivity index (χ4n) is 4.12. The lowest BCUT2D eigenvalue weighted by molar-refractivity contribution is 0.206. The number of benzene rings is 2. The first-order valence-corrected chi connectivity index (χ1v) is 14.1. The molecule has 2 nitrogen and oxygen atoms in total. The molecule has 29 heavy (non-hydrogen) atoms. The Labute approximate surface area is 175 Å². The molecule has 4 rings (SSSR count). The fraction of sp³-hybridized carbons (Fsp3) is 0.308. The standard InChI is InChI=1S/C26H30N2Si/c1-29(2,3)20-10-16-25-26-23(22-14-7-8-15-24(22)27-26)17-19-28(25)18-9-13-21-11-5-4-6-12-21/h4-9,11-15,25,27H,16-19H2,1-3H3/b13-9+. The van der Waals surface area contributed by atoms with Crippen LogP contribution < -0.4 is 0 Å². The summed E-state index contributed by atoms with van der Waals surface area (Å²) in [6.07, 6.45) is 6.51. The number of H-pyrrole nitrogens is 1. The van der Waals surface area contributed by atoms with Crippen LogP contribution in [0.5, 0.6) is 0 Å². The van der Waals surface area contributed by atoms with Crippen molar-refractivity contribution < 1.29 is 0 Å².